The van der Waals surface area contributed by atoms with Crippen LogP contribution in [-0.4, -0.2) is 9.55 Å². The van der Waals surface area contributed by atoms with E-state index in [0.717, 1.165) is 21.1 Å². The van der Waals surface area contributed by atoms with E-state index in [1.165, 1.54) is 0 Å². The minimum atomic E-state index is -0.0953. The van der Waals surface area contributed by atoms with Crippen LogP contribution in [0.5, 0.6) is 0 Å². The summed E-state index contributed by atoms with van der Waals surface area (Å²) >= 11 is 3.40. The van der Waals surface area contributed by atoms with Crippen molar-refractivity contribution in [2.75, 3.05) is 0 Å². The van der Waals surface area contributed by atoms with E-state index in [9.17, 15) is 4.79 Å². The Morgan fingerprint density at radius 3 is 2.52 bits per heavy atom. The average molecular weight is 341 g/mol. The van der Waals surface area contributed by atoms with Crippen molar-refractivity contribution in [1.82, 2.24) is 9.55 Å². The standard InChI is InChI=1S/C17H13BrN2O/c1-20-16-5-3-2-4-14(16)19-15(17(20)21)11-8-12-6-9-13(18)10-7-12/h2-11H,1H3. The minimum Gasteiger partial charge on any atom is -0.308 e. The molecule has 2 aromatic carbocycles. The van der Waals surface area contributed by atoms with Gasteiger partial charge in [0.1, 0.15) is 5.69 Å². The van der Waals surface area contributed by atoms with Gasteiger partial charge < -0.3 is 4.57 Å². The Hall–Kier alpha value is -2.20. The van der Waals surface area contributed by atoms with E-state index in [2.05, 4.69) is 20.9 Å². The molecule has 1 heterocycles. The number of rotatable bonds is 2. The van der Waals surface area contributed by atoms with Crippen LogP contribution in [0.3, 0.4) is 0 Å². The average Bonchev–Trinajstić information content (AvgIpc) is 2.51. The molecule has 0 aliphatic rings. The number of benzene rings is 2. The summed E-state index contributed by atoms with van der Waals surface area (Å²) in [5.41, 5.74) is 3.02. The van der Waals surface area contributed by atoms with E-state index in [0.29, 0.717) is 5.69 Å². The highest BCUT2D eigenvalue weighted by atomic mass is 79.9. The fourth-order valence-electron chi connectivity index (χ4n) is 2.16. The molecule has 0 spiro atoms. The van der Waals surface area contributed by atoms with Crippen molar-refractivity contribution in [3.63, 3.8) is 0 Å². The van der Waals surface area contributed by atoms with Crippen LogP contribution in [-0.2, 0) is 7.05 Å². The van der Waals surface area contributed by atoms with Crippen LogP contribution in [0.1, 0.15) is 11.3 Å². The molecule has 0 unspecified atom stereocenters. The zero-order chi connectivity index (χ0) is 14.8. The molecule has 3 nitrogen and oxygen atoms in total. The van der Waals surface area contributed by atoms with Crippen molar-refractivity contribution in [1.29, 1.82) is 0 Å². The third kappa shape index (κ3) is 2.81. The second kappa shape index (κ2) is 5.66. The Morgan fingerprint density at radius 2 is 1.76 bits per heavy atom. The number of hydrogen-bond acceptors (Lipinski definition) is 2. The van der Waals surface area contributed by atoms with Crippen molar-refractivity contribution in [2.24, 2.45) is 7.05 Å². The minimum absolute atomic E-state index is 0.0953. The fraction of sp³-hybridized carbons (Fsp3) is 0.0588. The molecule has 4 heteroatoms. The SMILES string of the molecule is Cn1c(=O)c(C=Cc2ccc(Br)cc2)nc2ccccc21. The highest BCUT2D eigenvalue weighted by molar-refractivity contribution is 9.10. The van der Waals surface area contributed by atoms with Crippen molar-refractivity contribution < 1.29 is 0 Å². The summed E-state index contributed by atoms with van der Waals surface area (Å²) in [7, 11) is 1.77. The Morgan fingerprint density at radius 1 is 1.05 bits per heavy atom. The van der Waals surface area contributed by atoms with Gasteiger partial charge in [-0.25, -0.2) is 4.98 Å². The van der Waals surface area contributed by atoms with Crippen LogP contribution < -0.4 is 5.56 Å². The van der Waals surface area contributed by atoms with Crippen molar-refractivity contribution in [3.8, 4) is 0 Å². The quantitative estimate of drug-likeness (QED) is 0.709. The normalized spacial score (nSPS) is 11.3. The summed E-state index contributed by atoms with van der Waals surface area (Å²) < 4.78 is 2.66. The predicted octanol–water partition coefficient (Wildman–Crippen LogP) is 3.87. The number of aromatic nitrogens is 2. The maximum atomic E-state index is 12.3. The maximum absolute atomic E-state index is 12.3. The number of para-hydroxylation sites is 2. The lowest BCUT2D eigenvalue weighted by atomic mass is 10.2. The van der Waals surface area contributed by atoms with E-state index in [4.69, 9.17) is 0 Å². The number of fused-ring (bicyclic) bond motifs is 1. The first-order valence-corrected chi connectivity index (χ1v) is 7.34. The van der Waals surface area contributed by atoms with Crippen LogP contribution >= 0.6 is 15.9 Å². The maximum Gasteiger partial charge on any atom is 0.276 e. The van der Waals surface area contributed by atoms with Crippen LogP contribution in [0.4, 0.5) is 0 Å². The van der Waals surface area contributed by atoms with E-state index in [1.807, 2.05) is 54.6 Å². The second-order valence-corrected chi connectivity index (χ2v) is 5.65. The van der Waals surface area contributed by atoms with Gasteiger partial charge in [0.15, 0.2) is 0 Å². The monoisotopic (exact) mass is 340 g/mol. The first kappa shape index (κ1) is 13.8. The Balaban J connectivity index is 2.06. The fourth-order valence-corrected chi connectivity index (χ4v) is 2.42. The van der Waals surface area contributed by atoms with E-state index in [1.54, 1.807) is 17.7 Å². The van der Waals surface area contributed by atoms with Gasteiger partial charge in [0.05, 0.1) is 11.0 Å². The summed E-state index contributed by atoms with van der Waals surface area (Å²) in [5, 5.41) is 0. The van der Waals surface area contributed by atoms with Gasteiger partial charge in [0.2, 0.25) is 0 Å². The van der Waals surface area contributed by atoms with Gasteiger partial charge >= 0.3 is 0 Å². The summed E-state index contributed by atoms with van der Waals surface area (Å²) in [5.74, 6) is 0. The third-order valence-corrected chi connectivity index (χ3v) is 3.84. The topological polar surface area (TPSA) is 34.9 Å². The highest BCUT2D eigenvalue weighted by Gasteiger charge is 2.05. The first-order chi connectivity index (χ1) is 10.1. The highest BCUT2D eigenvalue weighted by Crippen LogP contribution is 2.13. The summed E-state index contributed by atoms with van der Waals surface area (Å²) in [6.07, 6.45) is 3.66. The van der Waals surface area contributed by atoms with E-state index >= 15 is 0 Å². The van der Waals surface area contributed by atoms with E-state index in [-0.39, 0.29) is 5.56 Å². The Labute approximate surface area is 130 Å². The summed E-state index contributed by atoms with van der Waals surface area (Å²) in [6.45, 7) is 0. The van der Waals surface area contributed by atoms with Gasteiger partial charge in [-0.3, -0.25) is 4.79 Å². The molecule has 3 aromatic rings. The molecule has 0 fully saturated rings. The van der Waals surface area contributed by atoms with Gasteiger partial charge in [-0.15, -0.1) is 0 Å². The Kier molecular flexibility index (Phi) is 3.71. The molecule has 0 radical (unpaired) electrons. The van der Waals surface area contributed by atoms with Crippen LogP contribution in [0.2, 0.25) is 0 Å². The van der Waals surface area contributed by atoms with Gasteiger partial charge in [-0.2, -0.15) is 0 Å². The number of aryl methyl sites for hydroxylation is 1. The molecule has 3 rings (SSSR count). The molecule has 104 valence electrons. The predicted molar refractivity (Wildman–Crippen MR) is 90.1 cm³/mol. The molecule has 0 amide bonds. The molecule has 0 bridgehead atoms. The summed E-state index contributed by atoms with van der Waals surface area (Å²) in [6, 6.07) is 15.5. The van der Waals surface area contributed by atoms with Gasteiger partial charge in [0, 0.05) is 11.5 Å². The van der Waals surface area contributed by atoms with Gasteiger partial charge in [0.25, 0.3) is 5.56 Å². The third-order valence-electron chi connectivity index (χ3n) is 3.31. The van der Waals surface area contributed by atoms with Crippen molar-refractivity contribution >= 4 is 39.1 Å². The van der Waals surface area contributed by atoms with Crippen LogP contribution in [0.15, 0.2) is 57.8 Å². The van der Waals surface area contributed by atoms with Gasteiger partial charge in [-0.05, 0) is 35.9 Å². The Bertz CT molecular complexity index is 879. The molecule has 21 heavy (non-hydrogen) atoms. The van der Waals surface area contributed by atoms with Gasteiger partial charge in [-0.1, -0.05) is 46.3 Å². The van der Waals surface area contributed by atoms with E-state index < -0.39 is 0 Å². The second-order valence-electron chi connectivity index (χ2n) is 4.73. The molecular formula is C17H13BrN2O. The molecule has 0 N–H and O–H groups in total. The lowest BCUT2D eigenvalue weighted by molar-refractivity contribution is 0.887. The molecule has 0 aliphatic heterocycles. The molecule has 0 aliphatic carbocycles. The molecule has 0 saturated carbocycles. The lowest BCUT2D eigenvalue weighted by Gasteiger charge is -2.05. The number of hydrogen-bond donors (Lipinski definition) is 0. The zero-order valence-corrected chi connectivity index (χ0v) is 13.0. The molecule has 0 saturated heterocycles. The summed E-state index contributed by atoms with van der Waals surface area (Å²) in [4.78, 5) is 16.7. The van der Waals surface area contributed by atoms with Crippen LogP contribution in [0, 0.1) is 0 Å². The molecular weight excluding hydrogens is 328 g/mol. The number of nitrogens with zero attached hydrogens (tertiary/aromatic N) is 2. The molecule has 0 atom stereocenters. The number of halogens is 1. The first-order valence-electron chi connectivity index (χ1n) is 6.54. The van der Waals surface area contributed by atoms with Crippen molar-refractivity contribution in [2.45, 2.75) is 0 Å². The molecule has 1 aromatic heterocycles. The largest absolute Gasteiger partial charge is 0.308 e. The zero-order valence-electron chi connectivity index (χ0n) is 11.5. The lowest BCUT2D eigenvalue weighted by Crippen LogP contribution is -2.21. The smallest absolute Gasteiger partial charge is 0.276 e. The van der Waals surface area contributed by atoms with Crippen molar-refractivity contribution in [3.05, 3.63) is 74.6 Å². The van der Waals surface area contributed by atoms with Crippen LogP contribution in [0.25, 0.3) is 23.2 Å².